The van der Waals surface area contributed by atoms with Crippen LogP contribution in [0.5, 0.6) is 0 Å². The Bertz CT molecular complexity index is 360. The maximum atomic E-state index is 12.1. The molecule has 1 amide bonds. The molecular formula is C15H25NO3. The van der Waals surface area contributed by atoms with E-state index in [1.54, 1.807) is 0 Å². The summed E-state index contributed by atoms with van der Waals surface area (Å²) >= 11 is 0. The number of ether oxygens (including phenoxy) is 1. The Labute approximate surface area is 115 Å². The standard InChI is InChI=1S/C15H25NO3/c1-13(2,3)19-12(18)16-15(7-5-4-6-8-15)14(11-17)9-10-14/h11H,4-10H2,1-3H3,(H,16,18). The number of alkyl carbamates (subject to hydrolysis) is 1. The molecule has 0 aliphatic heterocycles. The highest BCUT2D eigenvalue weighted by Crippen LogP contribution is 2.57. The molecule has 0 aromatic rings. The van der Waals surface area contributed by atoms with E-state index in [-0.39, 0.29) is 17.0 Å². The molecule has 0 heterocycles. The number of hydrogen-bond donors (Lipinski definition) is 1. The van der Waals surface area contributed by atoms with Gasteiger partial charge in [0, 0.05) is 5.41 Å². The highest BCUT2D eigenvalue weighted by Gasteiger charge is 2.60. The van der Waals surface area contributed by atoms with Crippen LogP contribution in [0.3, 0.4) is 0 Å². The minimum Gasteiger partial charge on any atom is -0.444 e. The molecule has 4 nitrogen and oxygen atoms in total. The van der Waals surface area contributed by atoms with Crippen LogP contribution in [0.2, 0.25) is 0 Å². The van der Waals surface area contributed by atoms with Crippen molar-refractivity contribution in [2.24, 2.45) is 5.41 Å². The third-order valence-electron chi connectivity index (χ3n) is 4.41. The minimum absolute atomic E-state index is 0.329. The lowest BCUT2D eigenvalue weighted by molar-refractivity contribution is -0.115. The molecule has 4 heteroatoms. The van der Waals surface area contributed by atoms with Crippen molar-refractivity contribution < 1.29 is 14.3 Å². The molecule has 0 spiro atoms. The van der Waals surface area contributed by atoms with E-state index >= 15 is 0 Å². The number of hydrogen-bond acceptors (Lipinski definition) is 3. The summed E-state index contributed by atoms with van der Waals surface area (Å²) in [5.41, 5.74) is -1.20. The van der Waals surface area contributed by atoms with Gasteiger partial charge in [-0.2, -0.15) is 0 Å². The van der Waals surface area contributed by atoms with Gasteiger partial charge in [-0.05, 0) is 46.5 Å². The van der Waals surface area contributed by atoms with Crippen molar-refractivity contribution in [1.29, 1.82) is 0 Å². The molecule has 2 rings (SSSR count). The highest BCUT2D eigenvalue weighted by atomic mass is 16.6. The first-order chi connectivity index (χ1) is 8.83. The summed E-state index contributed by atoms with van der Waals surface area (Å²) in [6, 6.07) is 0. The van der Waals surface area contributed by atoms with Crippen LogP contribution in [0.15, 0.2) is 0 Å². The van der Waals surface area contributed by atoms with E-state index in [9.17, 15) is 9.59 Å². The maximum Gasteiger partial charge on any atom is 0.408 e. The lowest BCUT2D eigenvalue weighted by Gasteiger charge is -2.42. The number of amides is 1. The molecule has 0 aromatic heterocycles. The summed E-state index contributed by atoms with van der Waals surface area (Å²) in [5.74, 6) is 0. The van der Waals surface area contributed by atoms with Gasteiger partial charge in [0.25, 0.3) is 0 Å². The van der Waals surface area contributed by atoms with Crippen molar-refractivity contribution in [3.05, 3.63) is 0 Å². The Hall–Kier alpha value is -1.06. The van der Waals surface area contributed by atoms with Crippen molar-refractivity contribution in [3.8, 4) is 0 Å². The second-order valence-electron chi connectivity index (χ2n) is 7.04. The van der Waals surface area contributed by atoms with Crippen LogP contribution in [-0.4, -0.2) is 23.5 Å². The molecule has 0 saturated heterocycles. The summed E-state index contributed by atoms with van der Waals surface area (Å²) in [6.45, 7) is 5.56. The molecule has 0 radical (unpaired) electrons. The van der Waals surface area contributed by atoms with Gasteiger partial charge in [0.15, 0.2) is 0 Å². The molecular weight excluding hydrogens is 242 g/mol. The minimum atomic E-state index is -0.502. The smallest absolute Gasteiger partial charge is 0.408 e. The maximum absolute atomic E-state index is 12.1. The number of aldehydes is 1. The predicted molar refractivity (Wildman–Crippen MR) is 72.9 cm³/mol. The molecule has 108 valence electrons. The van der Waals surface area contributed by atoms with Crippen LogP contribution in [0.4, 0.5) is 4.79 Å². The lowest BCUT2D eigenvalue weighted by atomic mass is 9.71. The second-order valence-corrected chi connectivity index (χ2v) is 7.04. The van der Waals surface area contributed by atoms with E-state index in [0.717, 1.165) is 44.8 Å². The first-order valence-corrected chi connectivity index (χ1v) is 7.30. The highest BCUT2D eigenvalue weighted by molar-refractivity contribution is 5.73. The third-order valence-corrected chi connectivity index (χ3v) is 4.41. The zero-order chi connectivity index (χ0) is 14.1. The Balaban J connectivity index is 2.11. The quantitative estimate of drug-likeness (QED) is 0.799. The average Bonchev–Trinajstić information content (AvgIpc) is 3.08. The van der Waals surface area contributed by atoms with Crippen molar-refractivity contribution in [3.63, 3.8) is 0 Å². The summed E-state index contributed by atoms with van der Waals surface area (Å²) in [7, 11) is 0. The Morgan fingerprint density at radius 2 is 1.68 bits per heavy atom. The Morgan fingerprint density at radius 1 is 1.11 bits per heavy atom. The van der Waals surface area contributed by atoms with Crippen LogP contribution < -0.4 is 5.32 Å². The first kappa shape index (κ1) is 14.4. The van der Waals surface area contributed by atoms with Gasteiger partial charge in [-0.15, -0.1) is 0 Å². The largest absolute Gasteiger partial charge is 0.444 e. The normalized spacial score (nSPS) is 24.4. The van der Waals surface area contributed by atoms with Crippen molar-refractivity contribution in [2.45, 2.75) is 76.9 Å². The van der Waals surface area contributed by atoms with Crippen LogP contribution in [-0.2, 0) is 9.53 Å². The fraction of sp³-hybridized carbons (Fsp3) is 0.867. The topological polar surface area (TPSA) is 55.4 Å². The molecule has 2 aliphatic rings. The fourth-order valence-electron chi connectivity index (χ4n) is 3.25. The molecule has 0 unspecified atom stereocenters. The van der Waals surface area contributed by atoms with Crippen LogP contribution in [0, 0.1) is 5.41 Å². The number of carbonyl (C=O) groups excluding carboxylic acids is 2. The second kappa shape index (κ2) is 4.80. The molecule has 2 saturated carbocycles. The van der Waals surface area contributed by atoms with E-state index in [2.05, 4.69) is 5.32 Å². The van der Waals surface area contributed by atoms with Crippen molar-refractivity contribution >= 4 is 12.4 Å². The van der Waals surface area contributed by atoms with Gasteiger partial charge in [0.1, 0.15) is 11.9 Å². The van der Waals surface area contributed by atoms with E-state index in [1.807, 2.05) is 20.8 Å². The van der Waals surface area contributed by atoms with E-state index in [1.165, 1.54) is 6.42 Å². The summed E-state index contributed by atoms with van der Waals surface area (Å²) in [5, 5.41) is 3.05. The average molecular weight is 267 g/mol. The van der Waals surface area contributed by atoms with E-state index in [4.69, 9.17) is 4.74 Å². The predicted octanol–water partition coefficient (Wildman–Crippen LogP) is 3.19. The molecule has 19 heavy (non-hydrogen) atoms. The zero-order valence-corrected chi connectivity index (χ0v) is 12.3. The van der Waals surface area contributed by atoms with Gasteiger partial charge >= 0.3 is 6.09 Å². The number of nitrogens with one attached hydrogen (secondary N) is 1. The SMILES string of the molecule is CC(C)(C)OC(=O)NC1(C2(C=O)CC2)CCCCC1. The molecule has 1 N–H and O–H groups in total. The molecule has 2 fully saturated rings. The summed E-state index contributed by atoms with van der Waals surface area (Å²) in [4.78, 5) is 23.5. The Morgan fingerprint density at radius 3 is 2.11 bits per heavy atom. The van der Waals surface area contributed by atoms with E-state index < -0.39 is 5.60 Å². The first-order valence-electron chi connectivity index (χ1n) is 7.30. The molecule has 0 atom stereocenters. The third kappa shape index (κ3) is 2.93. The molecule has 0 aromatic carbocycles. The lowest BCUT2D eigenvalue weighted by Crippen LogP contribution is -2.57. The van der Waals surface area contributed by atoms with Gasteiger partial charge in [0.2, 0.25) is 0 Å². The van der Waals surface area contributed by atoms with Gasteiger partial charge < -0.3 is 14.8 Å². The van der Waals surface area contributed by atoms with Crippen LogP contribution >= 0.6 is 0 Å². The van der Waals surface area contributed by atoms with Crippen LogP contribution in [0.25, 0.3) is 0 Å². The number of carbonyl (C=O) groups is 2. The van der Waals surface area contributed by atoms with Crippen molar-refractivity contribution in [2.75, 3.05) is 0 Å². The monoisotopic (exact) mass is 267 g/mol. The Kier molecular flexibility index (Phi) is 3.63. The zero-order valence-electron chi connectivity index (χ0n) is 12.3. The van der Waals surface area contributed by atoms with Gasteiger partial charge in [-0.1, -0.05) is 19.3 Å². The summed E-state index contributed by atoms with van der Waals surface area (Å²) in [6.07, 6.45) is 7.59. The van der Waals surface area contributed by atoms with Crippen LogP contribution in [0.1, 0.15) is 65.7 Å². The van der Waals surface area contributed by atoms with Crippen molar-refractivity contribution in [1.82, 2.24) is 5.32 Å². The number of rotatable bonds is 3. The van der Waals surface area contributed by atoms with Gasteiger partial charge in [-0.25, -0.2) is 4.79 Å². The molecule has 2 aliphatic carbocycles. The van der Waals surface area contributed by atoms with Gasteiger partial charge in [0.05, 0.1) is 5.54 Å². The van der Waals surface area contributed by atoms with Gasteiger partial charge in [-0.3, -0.25) is 0 Å². The van der Waals surface area contributed by atoms with E-state index in [0.29, 0.717) is 0 Å². The summed E-state index contributed by atoms with van der Waals surface area (Å²) < 4.78 is 5.37. The molecule has 0 bridgehead atoms. The fourth-order valence-corrected chi connectivity index (χ4v) is 3.25.